The van der Waals surface area contributed by atoms with Crippen LogP contribution in [-0.4, -0.2) is 23.8 Å². The quantitative estimate of drug-likeness (QED) is 0.729. The van der Waals surface area contributed by atoms with Crippen molar-refractivity contribution < 1.29 is 19.1 Å². The van der Waals surface area contributed by atoms with Crippen molar-refractivity contribution in [3.8, 4) is 5.75 Å². The van der Waals surface area contributed by atoms with Gasteiger partial charge >= 0.3 is 0 Å². The first-order valence-electron chi connectivity index (χ1n) is 7.44. The van der Waals surface area contributed by atoms with Gasteiger partial charge in [-0.25, -0.2) is 0 Å². The first-order chi connectivity index (χ1) is 12.0. The van der Waals surface area contributed by atoms with Crippen LogP contribution >= 0.6 is 11.6 Å². The van der Waals surface area contributed by atoms with Crippen molar-refractivity contribution in [1.29, 1.82) is 0 Å². The van der Waals surface area contributed by atoms with Crippen LogP contribution in [0.1, 0.15) is 16.8 Å². The molecule has 1 atom stereocenters. The minimum Gasteiger partial charge on any atom is -0.478 e. The topological polar surface area (TPSA) is 96.5 Å². The summed E-state index contributed by atoms with van der Waals surface area (Å²) >= 11 is 5.81. The molecule has 0 aromatic heterocycles. The Hall–Kier alpha value is -3.06. The van der Waals surface area contributed by atoms with E-state index < -0.39 is 23.8 Å². The Morgan fingerprint density at radius 2 is 1.92 bits per heavy atom. The van der Waals surface area contributed by atoms with Crippen molar-refractivity contribution in [2.45, 2.75) is 12.5 Å². The second-order valence-electron chi connectivity index (χ2n) is 5.31. The predicted molar refractivity (Wildman–Crippen MR) is 91.2 cm³/mol. The summed E-state index contributed by atoms with van der Waals surface area (Å²) in [7, 11) is 0. The summed E-state index contributed by atoms with van der Waals surface area (Å²) in [5.74, 6) is -1.01. The Kier molecular flexibility index (Phi) is 4.85. The van der Waals surface area contributed by atoms with Gasteiger partial charge in [-0.05, 0) is 30.3 Å². The molecule has 0 aliphatic carbocycles. The average molecular weight is 360 g/mol. The molecule has 0 saturated heterocycles. The van der Waals surface area contributed by atoms with E-state index in [1.54, 1.807) is 42.5 Å². The van der Waals surface area contributed by atoms with E-state index in [9.17, 15) is 14.4 Å². The molecule has 0 radical (unpaired) electrons. The SMILES string of the molecule is O=C(C[C@H]1Oc2ccccc2NC1=O)NNC(=O)c1cccc(Cl)c1. The maximum absolute atomic E-state index is 12.0. The van der Waals surface area contributed by atoms with Crippen LogP contribution in [0.15, 0.2) is 48.5 Å². The largest absolute Gasteiger partial charge is 0.478 e. The molecular weight excluding hydrogens is 346 g/mol. The third kappa shape index (κ3) is 4.07. The summed E-state index contributed by atoms with van der Waals surface area (Å²) in [6.45, 7) is 0. The maximum atomic E-state index is 12.0. The molecule has 1 heterocycles. The van der Waals surface area contributed by atoms with Gasteiger partial charge in [0.2, 0.25) is 5.91 Å². The van der Waals surface area contributed by atoms with Gasteiger partial charge in [-0.15, -0.1) is 0 Å². The molecule has 2 aromatic carbocycles. The lowest BCUT2D eigenvalue weighted by atomic mass is 10.1. The number of hydrazine groups is 1. The molecule has 0 fully saturated rings. The lowest BCUT2D eigenvalue weighted by molar-refractivity contribution is -0.130. The summed E-state index contributed by atoms with van der Waals surface area (Å²) in [4.78, 5) is 35.9. The van der Waals surface area contributed by atoms with Crippen LogP contribution in [0.4, 0.5) is 5.69 Å². The molecule has 1 aliphatic rings. The molecule has 0 spiro atoms. The number of halogens is 1. The van der Waals surface area contributed by atoms with Crippen molar-refractivity contribution >= 4 is 35.0 Å². The second-order valence-corrected chi connectivity index (χ2v) is 5.75. The van der Waals surface area contributed by atoms with E-state index in [2.05, 4.69) is 16.2 Å². The number of hydrogen-bond acceptors (Lipinski definition) is 4. The number of rotatable bonds is 3. The standard InChI is InChI=1S/C17H14ClN3O4/c18-11-5-3-4-10(8-11)16(23)21-20-15(22)9-14-17(24)19-12-6-1-2-7-13(12)25-14/h1-8,14H,9H2,(H,19,24)(H,20,22)(H,21,23)/t14-/m1/s1. The number of fused-ring (bicyclic) bond motifs is 1. The first kappa shape index (κ1) is 16.8. The molecule has 3 N–H and O–H groups in total. The summed E-state index contributed by atoms with van der Waals surface area (Å²) in [6.07, 6.45) is -1.21. The number of amides is 3. The van der Waals surface area contributed by atoms with E-state index in [-0.39, 0.29) is 6.42 Å². The summed E-state index contributed by atoms with van der Waals surface area (Å²) in [6, 6.07) is 13.2. The molecule has 0 saturated carbocycles. The fourth-order valence-corrected chi connectivity index (χ4v) is 2.47. The summed E-state index contributed by atoms with van der Waals surface area (Å²) in [5, 5.41) is 3.07. The molecule has 0 unspecified atom stereocenters. The molecule has 25 heavy (non-hydrogen) atoms. The Balaban J connectivity index is 1.54. The predicted octanol–water partition coefficient (Wildman–Crippen LogP) is 1.89. The number of benzene rings is 2. The molecule has 128 valence electrons. The highest BCUT2D eigenvalue weighted by molar-refractivity contribution is 6.30. The first-order valence-corrected chi connectivity index (χ1v) is 7.82. The van der Waals surface area contributed by atoms with Crippen LogP contribution in [0, 0.1) is 0 Å². The normalized spacial score (nSPS) is 15.4. The third-order valence-corrected chi connectivity index (χ3v) is 3.71. The van der Waals surface area contributed by atoms with Gasteiger partial charge in [0.1, 0.15) is 5.75 Å². The molecule has 0 bridgehead atoms. The number of carbonyl (C=O) groups is 3. The highest BCUT2D eigenvalue weighted by Crippen LogP contribution is 2.29. The monoisotopic (exact) mass is 359 g/mol. The molecule has 7 nitrogen and oxygen atoms in total. The lowest BCUT2D eigenvalue weighted by Gasteiger charge is -2.25. The van der Waals surface area contributed by atoms with Crippen LogP contribution in [-0.2, 0) is 9.59 Å². The van der Waals surface area contributed by atoms with E-state index in [1.165, 1.54) is 6.07 Å². The number of nitrogens with one attached hydrogen (secondary N) is 3. The van der Waals surface area contributed by atoms with Gasteiger partial charge in [-0.3, -0.25) is 25.2 Å². The van der Waals surface area contributed by atoms with Gasteiger partial charge in [0, 0.05) is 10.6 Å². The second kappa shape index (κ2) is 7.23. The van der Waals surface area contributed by atoms with E-state index in [0.29, 0.717) is 22.0 Å². The van der Waals surface area contributed by atoms with E-state index in [4.69, 9.17) is 16.3 Å². The van der Waals surface area contributed by atoms with Crippen molar-refractivity contribution in [3.05, 3.63) is 59.1 Å². The van der Waals surface area contributed by atoms with Crippen LogP contribution in [0.2, 0.25) is 5.02 Å². The molecule has 3 amide bonds. The van der Waals surface area contributed by atoms with Gasteiger partial charge in [-0.2, -0.15) is 0 Å². The Morgan fingerprint density at radius 1 is 1.12 bits per heavy atom. The number of ether oxygens (including phenoxy) is 1. The maximum Gasteiger partial charge on any atom is 0.269 e. The van der Waals surface area contributed by atoms with E-state index in [0.717, 1.165) is 0 Å². The summed E-state index contributed by atoms with van der Waals surface area (Å²) < 4.78 is 5.52. The Bertz CT molecular complexity index is 840. The van der Waals surface area contributed by atoms with Gasteiger partial charge in [-0.1, -0.05) is 29.8 Å². The molecule has 8 heteroatoms. The molecular formula is C17H14ClN3O4. The highest BCUT2D eigenvalue weighted by atomic mass is 35.5. The zero-order valence-electron chi connectivity index (χ0n) is 12.9. The highest BCUT2D eigenvalue weighted by Gasteiger charge is 2.29. The van der Waals surface area contributed by atoms with Gasteiger partial charge < -0.3 is 10.1 Å². The van der Waals surface area contributed by atoms with Gasteiger partial charge in [0.25, 0.3) is 11.8 Å². The zero-order valence-corrected chi connectivity index (χ0v) is 13.7. The third-order valence-electron chi connectivity index (χ3n) is 3.48. The molecule has 3 rings (SSSR count). The number of anilines is 1. The number of hydrogen-bond donors (Lipinski definition) is 3. The molecule has 1 aliphatic heterocycles. The fourth-order valence-electron chi connectivity index (χ4n) is 2.27. The number of para-hydroxylation sites is 2. The smallest absolute Gasteiger partial charge is 0.269 e. The number of carbonyl (C=O) groups excluding carboxylic acids is 3. The van der Waals surface area contributed by atoms with Crippen molar-refractivity contribution in [2.75, 3.05) is 5.32 Å². The lowest BCUT2D eigenvalue weighted by Crippen LogP contribution is -2.46. The van der Waals surface area contributed by atoms with Crippen LogP contribution in [0.3, 0.4) is 0 Å². The van der Waals surface area contributed by atoms with Crippen LogP contribution in [0.5, 0.6) is 5.75 Å². The van der Waals surface area contributed by atoms with Gasteiger partial charge in [0.05, 0.1) is 12.1 Å². The van der Waals surface area contributed by atoms with E-state index in [1.807, 2.05) is 0 Å². The minimum absolute atomic E-state index is 0.240. The van der Waals surface area contributed by atoms with E-state index >= 15 is 0 Å². The van der Waals surface area contributed by atoms with Crippen molar-refractivity contribution in [2.24, 2.45) is 0 Å². The average Bonchev–Trinajstić information content (AvgIpc) is 2.60. The zero-order chi connectivity index (χ0) is 17.8. The Labute approximate surface area is 148 Å². The summed E-state index contributed by atoms with van der Waals surface area (Å²) in [5.41, 5.74) is 5.37. The fraction of sp³-hybridized carbons (Fsp3) is 0.118. The Morgan fingerprint density at radius 3 is 2.72 bits per heavy atom. The van der Waals surface area contributed by atoms with Crippen LogP contribution in [0.25, 0.3) is 0 Å². The van der Waals surface area contributed by atoms with Crippen LogP contribution < -0.4 is 20.9 Å². The molecule has 2 aromatic rings. The van der Waals surface area contributed by atoms with Crippen molar-refractivity contribution in [1.82, 2.24) is 10.9 Å². The minimum atomic E-state index is -0.974. The van der Waals surface area contributed by atoms with Crippen molar-refractivity contribution in [3.63, 3.8) is 0 Å². The van der Waals surface area contributed by atoms with Gasteiger partial charge in [0.15, 0.2) is 6.10 Å².